The highest BCUT2D eigenvalue weighted by Gasteiger charge is 2.09. The number of halogens is 2. The molecule has 0 radical (unpaired) electrons. The first-order chi connectivity index (χ1) is 9.24. The lowest BCUT2D eigenvalue weighted by Gasteiger charge is -2.05. The fourth-order valence-electron chi connectivity index (χ4n) is 1.90. The Kier molecular flexibility index (Phi) is 3.36. The Morgan fingerprint density at radius 1 is 1.05 bits per heavy atom. The van der Waals surface area contributed by atoms with Crippen molar-refractivity contribution in [2.45, 2.75) is 6.61 Å². The summed E-state index contributed by atoms with van der Waals surface area (Å²) in [5, 5.41) is 2.22. The average molecular weight is 293 g/mol. The van der Waals surface area contributed by atoms with Gasteiger partial charge in [-0.3, -0.25) is 0 Å². The maximum Gasteiger partial charge on any atom is 0.152 e. The Hall–Kier alpha value is -1.64. The molecular weight excluding hydrogens is 283 g/mol. The highest BCUT2D eigenvalue weighted by Crippen LogP contribution is 2.28. The van der Waals surface area contributed by atoms with E-state index in [9.17, 15) is 0 Å². The summed E-state index contributed by atoms with van der Waals surface area (Å²) >= 11 is 12.0. The Morgan fingerprint density at radius 3 is 2.74 bits per heavy atom. The van der Waals surface area contributed by atoms with Crippen LogP contribution in [-0.2, 0) is 6.61 Å². The van der Waals surface area contributed by atoms with E-state index in [-0.39, 0.29) is 0 Å². The van der Waals surface area contributed by atoms with Crippen LogP contribution in [0.25, 0.3) is 11.0 Å². The standard InChI is InChI=1S/C15H10Cl2O2/c16-11-3-1-4-12(7-11)18-8-10-9-19-15-13(10)5-2-6-14(15)17/h1-7,9H,8H2. The smallest absolute Gasteiger partial charge is 0.152 e. The number of benzene rings is 2. The van der Waals surface area contributed by atoms with Gasteiger partial charge in [0.05, 0.1) is 11.3 Å². The molecule has 19 heavy (non-hydrogen) atoms. The summed E-state index contributed by atoms with van der Waals surface area (Å²) < 4.78 is 11.1. The Bertz CT molecular complexity index is 719. The molecular formula is C15H10Cl2O2. The van der Waals surface area contributed by atoms with E-state index in [0.29, 0.717) is 22.2 Å². The SMILES string of the molecule is Clc1cccc(OCc2coc3c(Cl)cccc23)c1. The van der Waals surface area contributed by atoms with Crippen LogP contribution in [0.3, 0.4) is 0 Å². The number of rotatable bonds is 3. The molecule has 0 bridgehead atoms. The Balaban J connectivity index is 1.84. The van der Waals surface area contributed by atoms with Crippen molar-refractivity contribution >= 4 is 34.2 Å². The van der Waals surface area contributed by atoms with Gasteiger partial charge in [-0.2, -0.15) is 0 Å². The number of furan rings is 1. The molecule has 3 aromatic rings. The summed E-state index contributed by atoms with van der Waals surface area (Å²) in [7, 11) is 0. The zero-order valence-electron chi connectivity index (χ0n) is 9.90. The molecule has 0 aliphatic rings. The Labute approximate surface area is 120 Å². The maximum atomic E-state index is 6.06. The normalized spacial score (nSPS) is 10.8. The van der Waals surface area contributed by atoms with Crippen LogP contribution in [0.15, 0.2) is 53.1 Å². The van der Waals surface area contributed by atoms with Gasteiger partial charge in [0, 0.05) is 16.0 Å². The van der Waals surface area contributed by atoms with Gasteiger partial charge in [0.25, 0.3) is 0 Å². The molecule has 0 amide bonds. The van der Waals surface area contributed by atoms with Crippen molar-refractivity contribution in [2.24, 2.45) is 0 Å². The fraction of sp³-hybridized carbons (Fsp3) is 0.0667. The van der Waals surface area contributed by atoms with E-state index >= 15 is 0 Å². The summed E-state index contributed by atoms with van der Waals surface area (Å²) in [5.74, 6) is 0.726. The highest BCUT2D eigenvalue weighted by atomic mass is 35.5. The van der Waals surface area contributed by atoms with Gasteiger partial charge in [0.15, 0.2) is 5.58 Å². The third-order valence-electron chi connectivity index (χ3n) is 2.82. The molecule has 0 saturated carbocycles. The molecule has 0 spiro atoms. The zero-order chi connectivity index (χ0) is 13.2. The topological polar surface area (TPSA) is 22.4 Å². The van der Waals surface area contributed by atoms with E-state index < -0.39 is 0 Å². The summed E-state index contributed by atoms with van der Waals surface area (Å²) in [5.41, 5.74) is 1.64. The first kappa shape index (κ1) is 12.4. The van der Waals surface area contributed by atoms with Crippen LogP contribution in [0.4, 0.5) is 0 Å². The number of hydrogen-bond donors (Lipinski definition) is 0. The van der Waals surface area contributed by atoms with Gasteiger partial charge in [-0.25, -0.2) is 0 Å². The minimum atomic E-state index is 0.410. The molecule has 3 rings (SSSR count). The second kappa shape index (κ2) is 5.16. The van der Waals surface area contributed by atoms with E-state index in [1.807, 2.05) is 24.3 Å². The van der Waals surface area contributed by atoms with E-state index in [1.165, 1.54) is 0 Å². The fourth-order valence-corrected chi connectivity index (χ4v) is 2.30. The number of fused-ring (bicyclic) bond motifs is 1. The third kappa shape index (κ3) is 2.55. The van der Waals surface area contributed by atoms with Crippen molar-refractivity contribution < 1.29 is 9.15 Å². The predicted octanol–water partition coefficient (Wildman–Crippen LogP) is 5.32. The lowest BCUT2D eigenvalue weighted by atomic mass is 10.2. The maximum absolute atomic E-state index is 6.06. The second-order valence-electron chi connectivity index (χ2n) is 4.12. The van der Waals surface area contributed by atoms with Crippen LogP contribution in [0.2, 0.25) is 10.0 Å². The molecule has 0 atom stereocenters. The average Bonchev–Trinajstić information content (AvgIpc) is 2.81. The van der Waals surface area contributed by atoms with Crippen LogP contribution < -0.4 is 4.74 Å². The summed E-state index contributed by atoms with van der Waals surface area (Å²) in [6.45, 7) is 0.410. The molecule has 0 N–H and O–H groups in total. The van der Waals surface area contributed by atoms with Gasteiger partial charge in [0.1, 0.15) is 12.4 Å². The lowest BCUT2D eigenvalue weighted by Crippen LogP contribution is -1.94. The van der Waals surface area contributed by atoms with Gasteiger partial charge in [0.2, 0.25) is 0 Å². The van der Waals surface area contributed by atoms with Gasteiger partial charge >= 0.3 is 0 Å². The van der Waals surface area contributed by atoms with Crippen molar-refractivity contribution in [3.05, 3.63) is 64.3 Å². The molecule has 0 fully saturated rings. The summed E-state index contributed by atoms with van der Waals surface area (Å²) in [6.07, 6.45) is 1.67. The van der Waals surface area contributed by atoms with Crippen molar-refractivity contribution in [3.8, 4) is 5.75 Å². The zero-order valence-corrected chi connectivity index (χ0v) is 11.4. The minimum absolute atomic E-state index is 0.410. The summed E-state index contributed by atoms with van der Waals surface area (Å²) in [4.78, 5) is 0. The highest BCUT2D eigenvalue weighted by molar-refractivity contribution is 6.34. The van der Waals surface area contributed by atoms with Crippen LogP contribution in [0.5, 0.6) is 5.75 Å². The minimum Gasteiger partial charge on any atom is -0.489 e. The van der Waals surface area contributed by atoms with Crippen LogP contribution >= 0.6 is 23.2 Å². The predicted molar refractivity (Wildman–Crippen MR) is 77.0 cm³/mol. The number of para-hydroxylation sites is 1. The first-order valence-electron chi connectivity index (χ1n) is 5.77. The van der Waals surface area contributed by atoms with Gasteiger partial charge in [-0.1, -0.05) is 41.4 Å². The second-order valence-corrected chi connectivity index (χ2v) is 4.97. The van der Waals surface area contributed by atoms with E-state index in [4.69, 9.17) is 32.4 Å². The third-order valence-corrected chi connectivity index (χ3v) is 3.36. The molecule has 1 heterocycles. The van der Waals surface area contributed by atoms with Crippen LogP contribution in [-0.4, -0.2) is 0 Å². The molecule has 96 valence electrons. The largest absolute Gasteiger partial charge is 0.489 e. The van der Waals surface area contributed by atoms with Gasteiger partial charge < -0.3 is 9.15 Å². The van der Waals surface area contributed by atoms with Crippen molar-refractivity contribution in [2.75, 3.05) is 0 Å². The van der Waals surface area contributed by atoms with E-state index in [0.717, 1.165) is 16.7 Å². The number of ether oxygens (including phenoxy) is 1. The lowest BCUT2D eigenvalue weighted by molar-refractivity contribution is 0.306. The molecule has 0 saturated heterocycles. The monoisotopic (exact) mass is 292 g/mol. The van der Waals surface area contributed by atoms with E-state index in [1.54, 1.807) is 24.5 Å². The molecule has 2 aromatic carbocycles. The van der Waals surface area contributed by atoms with Crippen LogP contribution in [0, 0.1) is 0 Å². The molecule has 1 aromatic heterocycles. The molecule has 0 unspecified atom stereocenters. The molecule has 0 aliphatic carbocycles. The first-order valence-corrected chi connectivity index (χ1v) is 6.52. The molecule has 0 aliphatic heterocycles. The van der Waals surface area contributed by atoms with Gasteiger partial charge in [-0.15, -0.1) is 0 Å². The Morgan fingerprint density at radius 2 is 1.89 bits per heavy atom. The number of hydrogen-bond acceptors (Lipinski definition) is 2. The molecule has 4 heteroatoms. The van der Waals surface area contributed by atoms with Gasteiger partial charge in [-0.05, 0) is 24.3 Å². The van der Waals surface area contributed by atoms with Crippen LogP contribution in [0.1, 0.15) is 5.56 Å². The van der Waals surface area contributed by atoms with Crippen molar-refractivity contribution in [3.63, 3.8) is 0 Å². The van der Waals surface area contributed by atoms with Crippen molar-refractivity contribution in [1.82, 2.24) is 0 Å². The molecule has 2 nitrogen and oxygen atoms in total. The van der Waals surface area contributed by atoms with E-state index in [2.05, 4.69) is 0 Å². The van der Waals surface area contributed by atoms with Crippen molar-refractivity contribution in [1.29, 1.82) is 0 Å². The summed E-state index contributed by atoms with van der Waals surface area (Å²) in [6, 6.07) is 12.9. The quantitative estimate of drug-likeness (QED) is 0.652.